The average Bonchev–Trinajstić information content (AvgIpc) is 3.05. The smallest absolute Gasteiger partial charge is 0.223 e. The second-order valence-corrected chi connectivity index (χ2v) is 14.3. The van der Waals surface area contributed by atoms with Gasteiger partial charge < -0.3 is 9.80 Å². The van der Waals surface area contributed by atoms with Crippen LogP contribution >= 0.6 is 0 Å². The highest BCUT2D eigenvalue weighted by molar-refractivity contribution is 7.88. The molecule has 1 unspecified atom stereocenters. The van der Waals surface area contributed by atoms with Crippen LogP contribution in [0.1, 0.15) is 86.2 Å². The lowest BCUT2D eigenvalue weighted by Crippen LogP contribution is -2.38. The predicted octanol–water partition coefficient (Wildman–Crippen LogP) is 5.94. The molecule has 1 atom stereocenters. The number of rotatable bonds is 7. The van der Waals surface area contributed by atoms with Gasteiger partial charge in [-0.05, 0) is 49.3 Å². The topological polar surface area (TPSA) is 86.7 Å². The lowest BCUT2D eigenvalue weighted by atomic mass is 9.96. The summed E-state index contributed by atoms with van der Waals surface area (Å²) in [6, 6.07) is 19.2. The standard InChI is InChI=1S/C35H47N5O3S/c1-44(42,43)40-23-13-17-30(28-40)33-25-36-32(24-37-33)19-20-35(41)39-22-12-5-3-2-4-11-21-38(26-29-14-7-6-8-15-29)34-18-10-9-16-31(34)27-39/h6-10,14-16,18,24-25,30H,2-5,11-13,17,19-23,26-28H2,1H3. The van der Waals surface area contributed by atoms with E-state index in [0.717, 1.165) is 56.7 Å². The largest absolute Gasteiger partial charge is 0.367 e. The fourth-order valence-electron chi connectivity index (χ4n) is 6.43. The number of aryl methyl sites for hydroxylation is 1. The Morgan fingerprint density at radius 2 is 1.57 bits per heavy atom. The van der Waals surface area contributed by atoms with Gasteiger partial charge >= 0.3 is 0 Å². The molecule has 5 rings (SSSR count). The molecule has 0 saturated carbocycles. The molecule has 236 valence electrons. The van der Waals surface area contributed by atoms with Gasteiger partial charge in [0.15, 0.2) is 0 Å². The number of aromatic nitrogens is 2. The van der Waals surface area contributed by atoms with Gasteiger partial charge in [0.25, 0.3) is 0 Å². The Hall–Kier alpha value is -3.30. The molecule has 8 nitrogen and oxygen atoms in total. The molecular weight excluding hydrogens is 570 g/mol. The van der Waals surface area contributed by atoms with E-state index in [-0.39, 0.29) is 11.8 Å². The Bertz CT molecular complexity index is 1450. The summed E-state index contributed by atoms with van der Waals surface area (Å²) in [6.45, 7) is 4.23. The van der Waals surface area contributed by atoms with Gasteiger partial charge in [-0.2, -0.15) is 0 Å². The lowest BCUT2D eigenvalue weighted by Gasteiger charge is -2.30. The Morgan fingerprint density at radius 3 is 2.32 bits per heavy atom. The predicted molar refractivity (Wildman–Crippen MR) is 176 cm³/mol. The minimum Gasteiger partial charge on any atom is -0.367 e. The van der Waals surface area contributed by atoms with Gasteiger partial charge in [0.05, 0.1) is 17.6 Å². The molecule has 1 saturated heterocycles. The number of fused-ring (bicyclic) bond motifs is 1. The molecule has 2 aliphatic rings. The summed E-state index contributed by atoms with van der Waals surface area (Å²) in [5.74, 6) is 0.195. The zero-order chi connectivity index (χ0) is 30.8. The number of amides is 1. The van der Waals surface area contributed by atoms with E-state index in [2.05, 4.69) is 69.5 Å². The third-order valence-electron chi connectivity index (χ3n) is 8.96. The van der Waals surface area contributed by atoms with Gasteiger partial charge in [0, 0.05) is 69.7 Å². The van der Waals surface area contributed by atoms with E-state index >= 15 is 0 Å². The average molecular weight is 618 g/mol. The van der Waals surface area contributed by atoms with Crippen molar-refractivity contribution in [1.82, 2.24) is 19.2 Å². The Balaban J connectivity index is 1.26. The van der Waals surface area contributed by atoms with Crippen LogP contribution in [0, 0.1) is 0 Å². The fourth-order valence-corrected chi connectivity index (χ4v) is 7.35. The first kappa shape index (κ1) is 32.1. The van der Waals surface area contributed by atoms with Gasteiger partial charge in [0.2, 0.25) is 15.9 Å². The molecule has 1 fully saturated rings. The third kappa shape index (κ3) is 9.11. The molecule has 1 aromatic heterocycles. The Labute approximate surface area is 263 Å². The number of piperidine rings is 1. The van der Waals surface area contributed by atoms with Crippen molar-refractivity contribution in [3.05, 3.63) is 89.5 Å². The first-order valence-electron chi connectivity index (χ1n) is 16.3. The summed E-state index contributed by atoms with van der Waals surface area (Å²) in [6.07, 6.45) is 14.4. The molecule has 0 radical (unpaired) electrons. The Kier molecular flexibility index (Phi) is 11.4. The first-order chi connectivity index (χ1) is 21.4. The zero-order valence-corrected chi connectivity index (χ0v) is 26.9. The molecule has 2 aromatic carbocycles. The van der Waals surface area contributed by atoms with Gasteiger partial charge in [-0.15, -0.1) is 0 Å². The summed E-state index contributed by atoms with van der Waals surface area (Å²) in [7, 11) is -3.21. The van der Waals surface area contributed by atoms with E-state index in [1.165, 1.54) is 53.1 Å². The molecule has 0 spiro atoms. The fraction of sp³-hybridized carbons (Fsp3) is 0.514. The van der Waals surface area contributed by atoms with E-state index in [4.69, 9.17) is 0 Å². The second kappa shape index (κ2) is 15.6. The van der Waals surface area contributed by atoms with Crippen molar-refractivity contribution in [3.63, 3.8) is 0 Å². The monoisotopic (exact) mass is 617 g/mol. The van der Waals surface area contributed by atoms with Crippen molar-refractivity contribution >= 4 is 21.6 Å². The number of anilines is 1. The summed E-state index contributed by atoms with van der Waals surface area (Å²) < 4.78 is 25.6. The van der Waals surface area contributed by atoms with Crippen molar-refractivity contribution in [1.29, 1.82) is 0 Å². The maximum atomic E-state index is 13.7. The molecule has 1 amide bonds. The van der Waals surface area contributed by atoms with Gasteiger partial charge in [0.1, 0.15) is 0 Å². The van der Waals surface area contributed by atoms with E-state index in [1.807, 2.05) is 4.90 Å². The van der Waals surface area contributed by atoms with Crippen LogP contribution in [0.3, 0.4) is 0 Å². The number of sulfonamides is 1. The van der Waals surface area contributed by atoms with E-state index in [9.17, 15) is 13.2 Å². The van der Waals surface area contributed by atoms with Gasteiger partial charge in [-0.3, -0.25) is 14.8 Å². The number of carbonyl (C=O) groups is 1. The van der Waals surface area contributed by atoms with E-state index < -0.39 is 10.0 Å². The van der Waals surface area contributed by atoms with Crippen molar-refractivity contribution < 1.29 is 13.2 Å². The third-order valence-corrected chi connectivity index (χ3v) is 10.2. The SMILES string of the molecule is CS(=O)(=O)N1CCCC(c2cnc(CCC(=O)N3CCCCCCCCN(Cc4ccccc4)c4ccccc4C3)cn2)C1. The van der Waals surface area contributed by atoms with Gasteiger partial charge in [-0.25, -0.2) is 12.7 Å². The second-order valence-electron chi connectivity index (χ2n) is 12.4. The minimum atomic E-state index is -3.21. The lowest BCUT2D eigenvalue weighted by molar-refractivity contribution is -0.131. The molecule has 3 aromatic rings. The van der Waals surface area contributed by atoms with Crippen LogP contribution in [0.15, 0.2) is 67.0 Å². The van der Waals surface area contributed by atoms with Crippen LogP contribution in [0.4, 0.5) is 5.69 Å². The number of nitrogens with zero attached hydrogens (tertiary/aromatic N) is 5. The molecule has 2 aliphatic heterocycles. The van der Waals surface area contributed by atoms with Crippen LogP contribution < -0.4 is 4.90 Å². The summed E-state index contributed by atoms with van der Waals surface area (Å²) in [4.78, 5) is 27.5. The first-order valence-corrected chi connectivity index (χ1v) is 18.1. The van der Waals surface area contributed by atoms with Crippen LogP contribution in [0.2, 0.25) is 0 Å². The van der Waals surface area contributed by atoms with Crippen LogP contribution in [-0.4, -0.2) is 65.9 Å². The summed E-state index contributed by atoms with van der Waals surface area (Å²) in [5, 5.41) is 0. The molecule has 0 bridgehead atoms. The maximum Gasteiger partial charge on any atom is 0.223 e. The highest BCUT2D eigenvalue weighted by atomic mass is 32.2. The summed E-state index contributed by atoms with van der Waals surface area (Å²) >= 11 is 0. The van der Waals surface area contributed by atoms with Crippen LogP contribution in [-0.2, 0) is 34.3 Å². The molecule has 0 N–H and O–H groups in total. The number of carbonyl (C=O) groups excluding carboxylic acids is 1. The van der Waals surface area contributed by atoms with E-state index in [0.29, 0.717) is 32.5 Å². The van der Waals surface area contributed by atoms with Crippen LogP contribution in [0.25, 0.3) is 0 Å². The summed E-state index contributed by atoms with van der Waals surface area (Å²) in [5.41, 5.74) is 5.31. The molecular formula is C35H47N5O3S. The minimum absolute atomic E-state index is 0.0507. The van der Waals surface area contributed by atoms with Crippen molar-refractivity contribution in [2.24, 2.45) is 0 Å². The Morgan fingerprint density at radius 1 is 0.841 bits per heavy atom. The van der Waals surface area contributed by atoms with Crippen molar-refractivity contribution in [3.8, 4) is 0 Å². The molecule has 44 heavy (non-hydrogen) atoms. The quantitative estimate of drug-likeness (QED) is 0.326. The maximum absolute atomic E-state index is 13.7. The highest BCUT2D eigenvalue weighted by Gasteiger charge is 2.28. The zero-order valence-electron chi connectivity index (χ0n) is 26.1. The number of para-hydroxylation sites is 1. The van der Waals surface area contributed by atoms with Gasteiger partial charge in [-0.1, -0.05) is 74.2 Å². The highest BCUT2D eigenvalue weighted by Crippen LogP contribution is 2.28. The molecule has 0 aliphatic carbocycles. The molecule has 9 heteroatoms. The number of hydrogen-bond donors (Lipinski definition) is 0. The number of benzene rings is 2. The molecule has 3 heterocycles. The van der Waals surface area contributed by atoms with Crippen LogP contribution in [0.5, 0.6) is 0 Å². The normalized spacial score (nSPS) is 19.3. The van der Waals surface area contributed by atoms with E-state index in [1.54, 1.807) is 12.4 Å². The van der Waals surface area contributed by atoms with Crippen molar-refractivity contribution in [2.45, 2.75) is 83.2 Å². The number of hydrogen-bond acceptors (Lipinski definition) is 6. The van der Waals surface area contributed by atoms with Crippen molar-refractivity contribution in [2.75, 3.05) is 37.3 Å².